The lowest BCUT2D eigenvalue weighted by molar-refractivity contribution is -0.870. The second kappa shape index (κ2) is 60.3. The third-order valence-electron chi connectivity index (χ3n) is 14.8. The molecule has 0 aliphatic heterocycles. The number of phosphoric acid groups is 1. The van der Waals surface area contributed by atoms with Crippen LogP contribution < -0.4 is 5.32 Å². The van der Waals surface area contributed by atoms with E-state index in [2.05, 4.69) is 92.1 Å². The molecule has 0 aromatic carbocycles. The summed E-state index contributed by atoms with van der Waals surface area (Å²) in [6, 6.07) is -0.873. The van der Waals surface area contributed by atoms with Crippen LogP contribution in [0.1, 0.15) is 303 Å². The zero-order valence-electron chi connectivity index (χ0n) is 52.6. The third kappa shape index (κ3) is 63.1. The lowest BCUT2D eigenvalue weighted by Gasteiger charge is -2.25. The normalized spacial score (nSPS) is 14.3. The fourth-order valence-electron chi connectivity index (χ4n) is 9.66. The predicted molar refractivity (Wildman–Crippen MR) is 346 cm³/mol. The first-order valence-electron chi connectivity index (χ1n) is 33.5. The Morgan fingerprint density at radius 3 is 1.16 bits per heavy atom. The molecule has 0 aromatic heterocycles. The summed E-state index contributed by atoms with van der Waals surface area (Å²) in [7, 11) is 1.55. The minimum absolute atomic E-state index is 0.0522. The number of carbonyl (C=O) groups excluding carboxylic acids is 1. The Bertz CT molecular complexity index is 1560. The van der Waals surface area contributed by atoms with Crippen molar-refractivity contribution in [1.29, 1.82) is 0 Å². The SMILES string of the molecule is CC/C=C\C/C=C\C/C=C\C/C=C\CCCCCCCCCCCCCCCCCCCCCCC(=O)NC(COP(=O)(O)OCC[N+](C)(C)C)C(O)/C=C/CC/C=C/CC/C=C/CCCCCCCCCCCCCCCC. The predicted octanol–water partition coefficient (Wildman–Crippen LogP) is 21.2. The van der Waals surface area contributed by atoms with Crippen LogP contribution in [-0.2, 0) is 18.4 Å². The molecule has 3 N–H and O–H groups in total. The van der Waals surface area contributed by atoms with Gasteiger partial charge in [-0.3, -0.25) is 13.8 Å². The van der Waals surface area contributed by atoms with Gasteiger partial charge < -0.3 is 19.8 Å². The molecule has 0 aliphatic carbocycles. The van der Waals surface area contributed by atoms with Crippen molar-refractivity contribution in [3.63, 3.8) is 0 Å². The van der Waals surface area contributed by atoms with Gasteiger partial charge in [-0.25, -0.2) is 4.57 Å². The highest BCUT2D eigenvalue weighted by molar-refractivity contribution is 7.47. The van der Waals surface area contributed by atoms with Crippen molar-refractivity contribution < 1.29 is 32.9 Å². The fourth-order valence-corrected chi connectivity index (χ4v) is 10.4. The molecule has 0 rings (SSSR count). The van der Waals surface area contributed by atoms with Crippen molar-refractivity contribution in [3.8, 4) is 0 Å². The first-order chi connectivity index (χ1) is 38.5. The van der Waals surface area contributed by atoms with Crippen LogP contribution in [0.4, 0.5) is 0 Å². The van der Waals surface area contributed by atoms with Crippen molar-refractivity contribution in [2.75, 3.05) is 40.9 Å². The summed E-state index contributed by atoms with van der Waals surface area (Å²) in [6.07, 6.45) is 85.8. The Kier molecular flexibility index (Phi) is 58.5. The van der Waals surface area contributed by atoms with Crippen LogP contribution >= 0.6 is 7.82 Å². The molecular formula is C70H130N2O6P+. The molecule has 3 atom stereocenters. The number of hydrogen-bond donors (Lipinski definition) is 3. The van der Waals surface area contributed by atoms with E-state index in [-0.39, 0.29) is 19.1 Å². The van der Waals surface area contributed by atoms with Crippen molar-refractivity contribution >= 4 is 13.7 Å². The maximum Gasteiger partial charge on any atom is 0.472 e. The molecule has 0 aromatic rings. The van der Waals surface area contributed by atoms with Crippen LogP contribution in [0, 0.1) is 0 Å². The number of rotatable bonds is 61. The van der Waals surface area contributed by atoms with Crippen LogP contribution in [0.25, 0.3) is 0 Å². The lowest BCUT2D eigenvalue weighted by atomic mass is 10.0. The number of nitrogens with zero attached hydrogens (tertiary/aromatic N) is 1. The van der Waals surface area contributed by atoms with Gasteiger partial charge in [0.1, 0.15) is 13.2 Å². The Morgan fingerprint density at radius 2 is 0.772 bits per heavy atom. The Hall–Kier alpha value is -2.32. The number of nitrogens with one attached hydrogen (secondary N) is 1. The van der Waals surface area contributed by atoms with E-state index in [0.717, 1.165) is 70.6 Å². The van der Waals surface area contributed by atoms with Gasteiger partial charge in [-0.1, -0.05) is 298 Å². The molecule has 0 radical (unpaired) electrons. The summed E-state index contributed by atoms with van der Waals surface area (Å²) in [5.41, 5.74) is 0. The molecule has 0 heterocycles. The summed E-state index contributed by atoms with van der Waals surface area (Å²) >= 11 is 0. The molecule has 0 fully saturated rings. The number of unbranched alkanes of at least 4 members (excludes halogenated alkanes) is 36. The van der Waals surface area contributed by atoms with Crippen LogP contribution in [0.3, 0.4) is 0 Å². The Morgan fingerprint density at radius 1 is 0.443 bits per heavy atom. The van der Waals surface area contributed by atoms with E-state index in [1.165, 1.54) is 212 Å². The van der Waals surface area contributed by atoms with Crippen molar-refractivity contribution in [1.82, 2.24) is 5.32 Å². The summed E-state index contributed by atoms with van der Waals surface area (Å²) in [6.45, 7) is 4.70. The number of hydrogen-bond acceptors (Lipinski definition) is 5. The summed E-state index contributed by atoms with van der Waals surface area (Å²) < 4.78 is 23.8. The van der Waals surface area contributed by atoms with Gasteiger partial charge >= 0.3 is 7.82 Å². The molecule has 0 bridgehead atoms. The van der Waals surface area contributed by atoms with Gasteiger partial charge in [0, 0.05) is 6.42 Å². The van der Waals surface area contributed by atoms with Crippen LogP contribution in [0.5, 0.6) is 0 Å². The molecule has 79 heavy (non-hydrogen) atoms. The quantitative estimate of drug-likeness (QED) is 0.0243. The molecule has 0 saturated heterocycles. The first-order valence-corrected chi connectivity index (χ1v) is 35.0. The highest BCUT2D eigenvalue weighted by Crippen LogP contribution is 2.43. The molecule has 0 saturated carbocycles. The largest absolute Gasteiger partial charge is 0.472 e. The van der Waals surface area contributed by atoms with Gasteiger partial charge in [0.15, 0.2) is 0 Å². The number of amides is 1. The first kappa shape index (κ1) is 76.7. The van der Waals surface area contributed by atoms with E-state index < -0.39 is 20.0 Å². The van der Waals surface area contributed by atoms with Gasteiger partial charge in [-0.2, -0.15) is 0 Å². The number of aliphatic hydroxyl groups excluding tert-OH is 1. The summed E-state index contributed by atoms with van der Waals surface area (Å²) in [5, 5.41) is 14.0. The zero-order chi connectivity index (χ0) is 57.7. The molecule has 9 heteroatoms. The topological polar surface area (TPSA) is 105 Å². The van der Waals surface area contributed by atoms with E-state index in [4.69, 9.17) is 9.05 Å². The fraction of sp³-hybridized carbons (Fsp3) is 0.786. The van der Waals surface area contributed by atoms with E-state index in [9.17, 15) is 19.4 Å². The average molecular weight is 1130 g/mol. The standard InChI is InChI=1S/C70H129N2O6P/c1-6-8-10-12-14-16-18-20-22-24-26-28-30-32-33-34-35-36-37-38-39-40-42-44-46-48-50-52-54-56-58-60-62-64-70(74)71-68(67-78-79(75,76)77-66-65-72(3,4)5)69(73)63-61-59-57-55-53-51-49-47-45-43-41-31-29-27-25-23-21-19-17-15-13-11-9-7-2/h8,10,14,16,20,22,26,28,45,47,53,55,61,63,68-69,73H,6-7,9,11-13,15,17-19,21,23-25,27,29-44,46,48-52,54,56-60,62,64-67H2,1-5H3,(H-,71,74,75,76)/p+1/b10-8-,16-14-,22-20-,28-26-,47-45+,55-53+,63-61+. The van der Waals surface area contributed by atoms with Crippen molar-refractivity contribution in [2.45, 2.75) is 315 Å². The van der Waals surface area contributed by atoms with E-state index in [0.29, 0.717) is 17.4 Å². The molecular weight excluding hydrogens is 996 g/mol. The second-order valence-electron chi connectivity index (χ2n) is 23.8. The Balaban J connectivity index is 4.12. The van der Waals surface area contributed by atoms with E-state index >= 15 is 0 Å². The molecule has 0 aliphatic rings. The van der Waals surface area contributed by atoms with E-state index in [1.807, 2.05) is 27.2 Å². The van der Waals surface area contributed by atoms with E-state index in [1.54, 1.807) is 6.08 Å². The van der Waals surface area contributed by atoms with Crippen LogP contribution in [0.2, 0.25) is 0 Å². The monoisotopic (exact) mass is 1130 g/mol. The molecule has 0 spiro atoms. The minimum atomic E-state index is -4.37. The smallest absolute Gasteiger partial charge is 0.387 e. The Labute approximate surface area is 490 Å². The summed E-state index contributed by atoms with van der Waals surface area (Å²) in [5.74, 6) is -0.188. The zero-order valence-corrected chi connectivity index (χ0v) is 53.5. The number of likely N-dealkylation sites (N-methyl/N-ethyl adjacent to an activating group) is 1. The maximum atomic E-state index is 13.0. The minimum Gasteiger partial charge on any atom is -0.387 e. The van der Waals surface area contributed by atoms with Gasteiger partial charge in [0.2, 0.25) is 5.91 Å². The number of allylic oxidation sites excluding steroid dienone is 13. The highest BCUT2D eigenvalue weighted by atomic mass is 31.2. The molecule has 1 amide bonds. The molecule has 8 nitrogen and oxygen atoms in total. The third-order valence-corrected chi connectivity index (χ3v) is 15.8. The van der Waals surface area contributed by atoms with Crippen LogP contribution in [-0.4, -0.2) is 73.4 Å². The second-order valence-corrected chi connectivity index (χ2v) is 25.3. The molecule has 460 valence electrons. The summed E-state index contributed by atoms with van der Waals surface area (Å²) in [4.78, 5) is 23.4. The average Bonchev–Trinajstić information content (AvgIpc) is 3.42. The van der Waals surface area contributed by atoms with Gasteiger partial charge in [-0.15, -0.1) is 0 Å². The van der Waals surface area contributed by atoms with Crippen molar-refractivity contribution in [2.24, 2.45) is 0 Å². The van der Waals surface area contributed by atoms with Crippen LogP contribution in [0.15, 0.2) is 85.1 Å². The number of quaternary nitrogens is 1. The maximum absolute atomic E-state index is 13.0. The highest BCUT2D eigenvalue weighted by Gasteiger charge is 2.28. The van der Waals surface area contributed by atoms with Gasteiger partial charge in [-0.05, 0) is 83.5 Å². The number of phosphoric ester groups is 1. The number of aliphatic hydroxyl groups is 1. The lowest BCUT2D eigenvalue weighted by Crippen LogP contribution is -2.45. The number of carbonyl (C=O) groups is 1. The molecule has 3 unspecified atom stereocenters. The van der Waals surface area contributed by atoms with Crippen molar-refractivity contribution in [3.05, 3.63) is 85.1 Å². The van der Waals surface area contributed by atoms with Gasteiger partial charge in [0.25, 0.3) is 0 Å². The van der Waals surface area contributed by atoms with Gasteiger partial charge in [0.05, 0.1) is 39.9 Å².